The lowest BCUT2D eigenvalue weighted by molar-refractivity contribution is -0.150. The van der Waals surface area contributed by atoms with E-state index in [0.29, 0.717) is 66.1 Å². The van der Waals surface area contributed by atoms with E-state index >= 15 is 0 Å². The van der Waals surface area contributed by atoms with Crippen molar-refractivity contribution in [3.05, 3.63) is 199 Å². The van der Waals surface area contributed by atoms with Crippen molar-refractivity contribution < 1.29 is 47.4 Å². The van der Waals surface area contributed by atoms with Crippen LogP contribution in [0.2, 0.25) is 0 Å². The third-order valence-electron chi connectivity index (χ3n) is 28.2. The molecule has 10 heteroatoms. The first-order valence-electron chi connectivity index (χ1n) is 34.5. The van der Waals surface area contributed by atoms with Crippen LogP contribution in [0.3, 0.4) is 0 Å². The van der Waals surface area contributed by atoms with E-state index in [9.17, 15) is 0 Å². The van der Waals surface area contributed by atoms with Crippen molar-refractivity contribution in [3.63, 3.8) is 0 Å². The Balaban J connectivity index is 1.07. The normalized spacial score (nSPS) is 40.4. The van der Waals surface area contributed by atoms with Gasteiger partial charge in [0, 0.05) is 60.8 Å². The summed E-state index contributed by atoms with van der Waals surface area (Å²) >= 11 is 0. The molecule has 16 atom stereocenters. The number of hydrogen-bond acceptors (Lipinski definition) is 10. The summed E-state index contributed by atoms with van der Waals surface area (Å²) in [4.78, 5) is 0. The first-order chi connectivity index (χ1) is 43.0. The molecule has 0 radical (unpaired) electrons. The summed E-state index contributed by atoms with van der Waals surface area (Å²) in [7, 11) is 0. The molecule has 5 aromatic carbocycles. The summed E-state index contributed by atoms with van der Waals surface area (Å²) < 4.78 is 64.4. The van der Waals surface area contributed by atoms with E-state index in [1.165, 1.54) is 27.8 Å². The molecule has 6 unspecified atom stereocenters. The zero-order valence-electron chi connectivity index (χ0n) is 56.1. The van der Waals surface area contributed by atoms with Gasteiger partial charge in [-0.3, -0.25) is 0 Å². The molecular weight excluding hydrogens is 1120 g/mol. The number of rotatable bonds is 10. The minimum atomic E-state index is -0.816. The highest BCUT2D eigenvalue weighted by Gasteiger charge is 2.82. The fourth-order valence-electron chi connectivity index (χ4n) is 23.5. The fourth-order valence-corrected chi connectivity index (χ4v) is 23.5. The van der Waals surface area contributed by atoms with Crippen LogP contribution in [0.15, 0.2) is 144 Å². The first kappa shape index (κ1) is 60.1. The van der Waals surface area contributed by atoms with Gasteiger partial charge >= 0.3 is 0 Å². The summed E-state index contributed by atoms with van der Waals surface area (Å²) in [5, 5.41) is 0. The zero-order valence-corrected chi connectivity index (χ0v) is 56.1. The van der Waals surface area contributed by atoms with Crippen LogP contribution in [0.1, 0.15) is 159 Å². The predicted octanol–water partition coefficient (Wildman–Crippen LogP) is 15.4. The van der Waals surface area contributed by atoms with Crippen LogP contribution in [0, 0.1) is 65.1 Å². The van der Waals surface area contributed by atoms with Crippen LogP contribution in [-0.4, -0.2) is 66.1 Å². The Hall–Kier alpha value is -4.82. The quantitative estimate of drug-likeness (QED) is 0.135. The largest absolute Gasteiger partial charge is 0.344 e. The Morgan fingerprint density at radius 2 is 0.389 bits per heavy atom. The molecule has 0 bridgehead atoms. The molecule has 0 N–H and O–H groups in total. The van der Waals surface area contributed by atoms with Crippen molar-refractivity contribution in [2.75, 3.05) is 66.1 Å². The fraction of sp³-hybridized carbons (Fsp3) is 0.575. The summed E-state index contributed by atoms with van der Waals surface area (Å²) in [6.45, 7) is 43.0. The Labute approximate surface area is 535 Å². The lowest BCUT2D eigenvalue weighted by Crippen LogP contribution is -2.70. The molecule has 476 valence electrons. The third kappa shape index (κ3) is 7.16. The van der Waals surface area contributed by atoms with Gasteiger partial charge in [0.1, 0.15) is 0 Å². The highest BCUT2D eigenvalue weighted by molar-refractivity contribution is 5.78. The van der Waals surface area contributed by atoms with Crippen LogP contribution in [0.5, 0.6) is 0 Å². The van der Waals surface area contributed by atoms with Crippen LogP contribution in [0.4, 0.5) is 0 Å². The van der Waals surface area contributed by atoms with E-state index in [1.807, 2.05) is 0 Å². The molecule has 0 spiro atoms. The monoisotopic (exact) mass is 1220 g/mol. The zero-order chi connectivity index (χ0) is 62.7. The van der Waals surface area contributed by atoms with Gasteiger partial charge in [-0.05, 0) is 144 Å². The molecule has 10 nitrogen and oxygen atoms in total. The standard InChI is InChI=1S/C80H96O10/c1-46-47(2)77(62-28-18-57(19-29-62)72(12)83-38-39-84-72)50(5)51(6)79(64-32-22-59(23-33-64)74(14)87-42-43-88-74)54(9)55(10)80(65-34-24-60(25-35-65)75(15)89-44-45-90-75)53(8)52(7)78(63-30-20-58(21-31-63)73(13)85-40-41-86-73)49(4)48(3)76(46,66-67(77)69(79)70(80)68(66)78)61-26-16-56(17-27-61)71(11)81-36-37-82-71/h16-35,46-55,66H,36-45H2,1-15H3/t46-,47+,48+,49-,50-,51+,52+,53-,54-,55+,66?,76?,77?,78?,79?,80?. The molecular formula is C80H96O10. The molecule has 5 aromatic rings. The Kier molecular flexibility index (Phi) is 13.4. The van der Waals surface area contributed by atoms with Gasteiger partial charge in [0.2, 0.25) is 0 Å². The molecule has 6 aliphatic carbocycles. The highest BCUT2D eigenvalue weighted by Crippen LogP contribution is 2.86. The second kappa shape index (κ2) is 20.1. The predicted molar refractivity (Wildman–Crippen MR) is 346 cm³/mol. The minimum absolute atomic E-state index is 0.0178. The summed E-state index contributed by atoms with van der Waals surface area (Å²) in [6.07, 6.45) is 0. The Morgan fingerprint density at radius 3 is 0.611 bits per heavy atom. The SMILES string of the molecule is C[C@@H]1[C@H](C)C2(c3ccc(C4(C)OCCO4)cc3)C3=C4C5=C6C3C(c3ccc(C7(C)OCCO7)cc3)([C@H](C)[C@H](C)C6(c3ccc(C6(C)OCCO6)cc3)[C@H](C)[C@H](C)C5(c3ccc(C5(C)OCCO5)cc3)[C@H](C)[C@H](C)C41c1ccc(C3(C)OCCO3)cc1)[C@@H](C)[C@H]2C. The van der Waals surface area contributed by atoms with Crippen LogP contribution in [0.25, 0.3) is 0 Å². The van der Waals surface area contributed by atoms with E-state index in [-0.39, 0.29) is 65.1 Å². The van der Waals surface area contributed by atoms with Crippen molar-refractivity contribution in [2.24, 2.45) is 65.1 Å². The van der Waals surface area contributed by atoms with Crippen molar-refractivity contribution in [3.8, 4) is 0 Å². The van der Waals surface area contributed by atoms with Gasteiger partial charge in [-0.1, -0.05) is 191 Å². The molecule has 3 saturated carbocycles. The molecule has 11 aliphatic rings. The summed E-state index contributed by atoms with van der Waals surface area (Å²) in [5.74, 6) is -2.38. The van der Waals surface area contributed by atoms with Crippen molar-refractivity contribution in [1.82, 2.24) is 0 Å². The summed E-state index contributed by atoms with van der Waals surface area (Å²) in [6, 6.07) is 48.8. The van der Waals surface area contributed by atoms with Crippen LogP contribution >= 0.6 is 0 Å². The molecule has 90 heavy (non-hydrogen) atoms. The van der Waals surface area contributed by atoms with Crippen LogP contribution in [-0.2, 0) is 103 Å². The second-order valence-corrected chi connectivity index (χ2v) is 30.4. The molecule has 8 fully saturated rings. The van der Waals surface area contributed by atoms with Crippen molar-refractivity contribution in [1.29, 1.82) is 0 Å². The van der Waals surface area contributed by atoms with E-state index in [4.69, 9.17) is 47.4 Å². The molecule has 5 aliphatic heterocycles. The van der Waals surface area contributed by atoms with Gasteiger partial charge < -0.3 is 47.4 Å². The van der Waals surface area contributed by atoms with Gasteiger partial charge in [-0.2, -0.15) is 0 Å². The number of hydrogen-bond donors (Lipinski definition) is 0. The van der Waals surface area contributed by atoms with Crippen LogP contribution < -0.4 is 0 Å². The van der Waals surface area contributed by atoms with Crippen molar-refractivity contribution in [2.45, 2.75) is 160 Å². The second-order valence-electron chi connectivity index (χ2n) is 30.4. The van der Waals surface area contributed by atoms with Gasteiger partial charge in [0.15, 0.2) is 28.9 Å². The maximum atomic E-state index is 6.44. The van der Waals surface area contributed by atoms with E-state index in [1.54, 1.807) is 22.3 Å². The maximum absolute atomic E-state index is 6.44. The van der Waals surface area contributed by atoms with Crippen molar-refractivity contribution >= 4 is 0 Å². The van der Waals surface area contributed by atoms with E-state index in [0.717, 1.165) is 27.8 Å². The Bertz CT molecular complexity index is 3480. The van der Waals surface area contributed by atoms with Gasteiger partial charge in [-0.15, -0.1) is 0 Å². The number of allylic oxidation sites excluding steroid dienone is 4. The Morgan fingerprint density at radius 1 is 0.222 bits per heavy atom. The van der Waals surface area contributed by atoms with E-state index in [2.05, 4.69) is 225 Å². The molecule has 0 aromatic heterocycles. The first-order valence-corrected chi connectivity index (χ1v) is 34.5. The minimum Gasteiger partial charge on any atom is -0.344 e. The van der Waals surface area contributed by atoms with Gasteiger partial charge in [0.25, 0.3) is 0 Å². The lowest BCUT2D eigenvalue weighted by atomic mass is 9.30. The topological polar surface area (TPSA) is 92.3 Å². The molecule has 5 saturated heterocycles. The summed E-state index contributed by atoms with van der Waals surface area (Å²) in [5.41, 5.74) is 16.7. The average Bonchev–Trinajstić information content (AvgIpc) is 1.40. The molecule has 0 amide bonds. The number of benzene rings is 5. The lowest BCUT2D eigenvalue weighted by Gasteiger charge is -2.72. The maximum Gasteiger partial charge on any atom is 0.192 e. The number of ether oxygens (including phenoxy) is 10. The smallest absolute Gasteiger partial charge is 0.192 e. The molecule has 5 heterocycles. The van der Waals surface area contributed by atoms with Gasteiger partial charge in [-0.25, -0.2) is 0 Å². The van der Waals surface area contributed by atoms with E-state index < -0.39 is 56.0 Å². The third-order valence-corrected chi connectivity index (χ3v) is 28.2. The average molecular weight is 1220 g/mol. The van der Waals surface area contributed by atoms with Gasteiger partial charge in [0.05, 0.1) is 66.1 Å². The molecule has 16 rings (SSSR count). The highest BCUT2D eigenvalue weighted by atomic mass is 16.8.